The van der Waals surface area contributed by atoms with Crippen molar-refractivity contribution in [1.29, 1.82) is 0 Å². The van der Waals surface area contributed by atoms with Crippen LogP contribution in [-0.2, 0) is 0 Å². The molecule has 19 heavy (non-hydrogen) atoms. The first kappa shape index (κ1) is 12.5. The van der Waals surface area contributed by atoms with Gasteiger partial charge >= 0.3 is 0 Å². The summed E-state index contributed by atoms with van der Waals surface area (Å²) < 4.78 is 0. The van der Waals surface area contributed by atoms with Gasteiger partial charge in [-0.3, -0.25) is 0 Å². The third-order valence-corrected chi connectivity index (χ3v) is 3.91. The SMILES string of the molecule is Cc1cccc(Sc2nc(Cl)nc3ccccc23)c1. The van der Waals surface area contributed by atoms with Crippen molar-refractivity contribution in [1.82, 2.24) is 9.97 Å². The van der Waals surface area contributed by atoms with Gasteiger partial charge in [0.05, 0.1) is 5.52 Å². The van der Waals surface area contributed by atoms with Crippen LogP contribution >= 0.6 is 23.4 Å². The van der Waals surface area contributed by atoms with E-state index in [1.807, 2.05) is 30.3 Å². The Balaban J connectivity index is 2.09. The van der Waals surface area contributed by atoms with Gasteiger partial charge in [-0.05, 0) is 36.7 Å². The molecule has 0 N–H and O–H groups in total. The summed E-state index contributed by atoms with van der Waals surface area (Å²) in [6, 6.07) is 16.2. The van der Waals surface area contributed by atoms with Crippen LogP contribution in [0.15, 0.2) is 58.5 Å². The largest absolute Gasteiger partial charge is 0.224 e. The van der Waals surface area contributed by atoms with E-state index in [-0.39, 0.29) is 5.28 Å². The minimum Gasteiger partial charge on any atom is -0.218 e. The highest BCUT2D eigenvalue weighted by molar-refractivity contribution is 7.99. The van der Waals surface area contributed by atoms with Crippen LogP contribution in [0.3, 0.4) is 0 Å². The molecule has 94 valence electrons. The summed E-state index contributed by atoms with van der Waals surface area (Å²) in [6.07, 6.45) is 0. The Morgan fingerprint density at radius 1 is 1.00 bits per heavy atom. The molecule has 0 radical (unpaired) electrons. The van der Waals surface area contributed by atoms with E-state index in [0.717, 1.165) is 20.8 Å². The summed E-state index contributed by atoms with van der Waals surface area (Å²) in [5, 5.41) is 2.20. The minimum absolute atomic E-state index is 0.286. The molecule has 0 saturated carbocycles. The number of aromatic nitrogens is 2. The van der Waals surface area contributed by atoms with E-state index >= 15 is 0 Å². The van der Waals surface area contributed by atoms with Crippen LogP contribution in [0.2, 0.25) is 5.28 Å². The first-order valence-electron chi connectivity index (χ1n) is 5.89. The highest BCUT2D eigenvalue weighted by Gasteiger charge is 2.07. The highest BCUT2D eigenvalue weighted by Crippen LogP contribution is 2.32. The number of para-hydroxylation sites is 1. The minimum atomic E-state index is 0.286. The van der Waals surface area contributed by atoms with Crippen LogP contribution in [0.1, 0.15) is 5.56 Å². The van der Waals surface area contributed by atoms with Gasteiger partial charge in [-0.25, -0.2) is 9.97 Å². The summed E-state index contributed by atoms with van der Waals surface area (Å²) >= 11 is 7.60. The molecule has 0 spiro atoms. The Bertz CT molecular complexity index is 743. The maximum atomic E-state index is 5.99. The van der Waals surface area contributed by atoms with Crippen molar-refractivity contribution >= 4 is 34.3 Å². The lowest BCUT2D eigenvalue weighted by atomic mass is 10.2. The van der Waals surface area contributed by atoms with Gasteiger partial charge < -0.3 is 0 Å². The lowest BCUT2D eigenvalue weighted by Crippen LogP contribution is -1.89. The zero-order valence-electron chi connectivity index (χ0n) is 10.3. The molecule has 0 fully saturated rings. The molecule has 2 aromatic carbocycles. The molecule has 2 nitrogen and oxygen atoms in total. The maximum Gasteiger partial charge on any atom is 0.224 e. The number of benzene rings is 2. The van der Waals surface area contributed by atoms with Gasteiger partial charge in [0.2, 0.25) is 5.28 Å². The smallest absolute Gasteiger partial charge is 0.218 e. The molecule has 0 amide bonds. The Morgan fingerprint density at radius 3 is 2.68 bits per heavy atom. The van der Waals surface area contributed by atoms with Crippen LogP contribution in [-0.4, -0.2) is 9.97 Å². The third-order valence-electron chi connectivity index (χ3n) is 2.75. The first-order valence-corrected chi connectivity index (χ1v) is 7.08. The van der Waals surface area contributed by atoms with Gasteiger partial charge in [0.15, 0.2) is 0 Å². The maximum absolute atomic E-state index is 5.99. The first-order chi connectivity index (χ1) is 9.22. The summed E-state index contributed by atoms with van der Waals surface area (Å²) in [5.74, 6) is 0. The summed E-state index contributed by atoms with van der Waals surface area (Å²) in [5.41, 5.74) is 2.10. The number of nitrogens with zero attached hydrogens (tertiary/aromatic N) is 2. The fourth-order valence-electron chi connectivity index (χ4n) is 1.89. The van der Waals surface area contributed by atoms with E-state index in [2.05, 4.69) is 35.1 Å². The summed E-state index contributed by atoms with van der Waals surface area (Å²) in [6.45, 7) is 2.08. The summed E-state index contributed by atoms with van der Waals surface area (Å²) in [4.78, 5) is 9.73. The Morgan fingerprint density at radius 2 is 1.84 bits per heavy atom. The zero-order valence-corrected chi connectivity index (χ0v) is 11.9. The lowest BCUT2D eigenvalue weighted by molar-refractivity contribution is 1.10. The monoisotopic (exact) mass is 286 g/mol. The van der Waals surface area contributed by atoms with Crippen molar-refractivity contribution in [3.63, 3.8) is 0 Å². The predicted molar refractivity (Wildman–Crippen MR) is 79.9 cm³/mol. The van der Waals surface area contributed by atoms with Gasteiger partial charge in [0.25, 0.3) is 0 Å². The number of fused-ring (bicyclic) bond motifs is 1. The average molecular weight is 287 g/mol. The van der Waals surface area contributed by atoms with E-state index in [1.54, 1.807) is 11.8 Å². The number of hydrogen-bond donors (Lipinski definition) is 0. The highest BCUT2D eigenvalue weighted by atomic mass is 35.5. The van der Waals surface area contributed by atoms with E-state index in [9.17, 15) is 0 Å². The Hall–Kier alpha value is -1.58. The fourth-order valence-corrected chi connectivity index (χ4v) is 3.14. The standard InChI is InChI=1S/C15H11ClN2S/c1-10-5-4-6-11(9-10)19-14-12-7-2-3-8-13(12)17-15(16)18-14/h2-9H,1H3. The van der Waals surface area contributed by atoms with Crippen LogP contribution in [0, 0.1) is 6.92 Å². The molecule has 1 heterocycles. The van der Waals surface area contributed by atoms with Crippen molar-refractivity contribution < 1.29 is 0 Å². The molecule has 0 bridgehead atoms. The van der Waals surface area contributed by atoms with Gasteiger partial charge in [-0.1, -0.05) is 47.7 Å². The van der Waals surface area contributed by atoms with Crippen molar-refractivity contribution in [2.24, 2.45) is 0 Å². The normalized spacial score (nSPS) is 10.8. The van der Waals surface area contributed by atoms with E-state index in [4.69, 9.17) is 11.6 Å². The molecule has 0 saturated heterocycles. The molecule has 0 atom stereocenters. The van der Waals surface area contributed by atoms with Crippen molar-refractivity contribution in [3.8, 4) is 0 Å². The third kappa shape index (κ3) is 2.72. The Kier molecular flexibility index (Phi) is 3.40. The average Bonchev–Trinajstić information content (AvgIpc) is 2.38. The van der Waals surface area contributed by atoms with E-state index in [1.165, 1.54) is 5.56 Å². The lowest BCUT2D eigenvalue weighted by Gasteiger charge is -2.06. The number of aryl methyl sites for hydroxylation is 1. The fraction of sp³-hybridized carbons (Fsp3) is 0.0667. The van der Waals surface area contributed by atoms with Gasteiger partial charge in [0, 0.05) is 10.3 Å². The number of halogens is 1. The molecule has 0 aliphatic heterocycles. The van der Waals surface area contributed by atoms with Crippen molar-refractivity contribution in [2.75, 3.05) is 0 Å². The number of rotatable bonds is 2. The van der Waals surface area contributed by atoms with Gasteiger partial charge in [0.1, 0.15) is 5.03 Å². The van der Waals surface area contributed by atoms with E-state index in [0.29, 0.717) is 0 Å². The molecule has 1 aromatic heterocycles. The van der Waals surface area contributed by atoms with Crippen LogP contribution in [0.25, 0.3) is 10.9 Å². The second-order valence-corrected chi connectivity index (χ2v) is 5.63. The number of hydrogen-bond acceptors (Lipinski definition) is 3. The van der Waals surface area contributed by atoms with Crippen LogP contribution < -0.4 is 0 Å². The topological polar surface area (TPSA) is 25.8 Å². The van der Waals surface area contributed by atoms with Crippen molar-refractivity contribution in [2.45, 2.75) is 16.8 Å². The molecular formula is C15H11ClN2S. The van der Waals surface area contributed by atoms with Crippen molar-refractivity contribution in [3.05, 3.63) is 59.4 Å². The van der Waals surface area contributed by atoms with Gasteiger partial charge in [-0.2, -0.15) is 0 Å². The molecule has 3 rings (SSSR count). The molecule has 0 aliphatic rings. The predicted octanol–water partition coefficient (Wildman–Crippen LogP) is 4.74. The molecule has 0 aliphatic carbocycles. The van der Waals surface area contributed by atoms with Crippen LogP contribution in [0.5, 0.6) is 0 Å². The van der Waals surface area contributed by atoms with Gasteiger partial charge in [-0.15, -0.1) is 0 Å². The quantitative estimate of drug-likeness (QED) is 0.502. The molecule has 3 aromatic rings. The van der Waals surface area contributed by atoms with Crippen LogP contribution in [0.4, 0.5) is 0 Å². The molecular weight excluding hydrogens is 276 g/mol. The molecule has 4 heteroatoms. The zero-order chi connectivity index (χ0) is 13.2. The van der Waals surface area contributed by atoms with E-state index < -0.39 is 0 Å². The summed E-state index contributed by atoms with van der Waals surface area (Å²) in [7, 11) is 0. The second-order valence-electron chi connectivity index (χ2n) is 4.23. The molecule has 0 unspecified atom stereocenters. The second kappa shape index (κ2) is 5.19. The Labute approximate surface area is 120 Å².